The maximum Gasteiger partial charge on any atom is 0.347 e. The van der Waals surface area contributed by atoms with Crippen molar-refractivity contribution in [3.63, 3.8) is 0 Å². The van der Waals surface area contributed by atoms with Gasteiger partial charge in [0.2, 0.25) is 0 Å². The van der Waals surface area contributed by atoms with Gasteiger partial charge in [0.25, 0.3) is 0 Å². The molecule has 0 aliphatic carbocycles. The average molecular weight is 378 g/mol. The molecule has 0 saturated heterocycles. The molecule has 0 fully saturated rings. The van der Waals surface area contributed by atoms with Crippen LogP contribution in [-0.2, 0) is 0 Å². The highest BCUT2D eigenvalue weighted by Crippen LogP contribution is 2.21. The van der Waals surface area contributed by atoms with Crippen molar-refractivity contribution in [2.75, 3.05) is 13.2 Å². The monoisotopic (exact) mass is 378 g/mol. The first-order chi connectivity index (χ1) is 13.6. The smallest absolute Gasteiger partial charge is 0.347 e. The number of benzene rings is 3. The van der Waals surface area contributed by atoms with Gasteiger partial charge >= 0.3 is 11.9 Å². The van der Waals surface area contributed by atoms with Gasteiger partial charge in [-0.3, -0.25) is 0 Å². The summed E-state index contributed by atoms with van der Waals surface area (Å²) in [7, 11) is 0. The summed E-state index contributed by atoms with van der Waals surface area (Å²) in [6.45, 7) is 0.557. The largest absolute Gasteiger partial charge is 0.490 e. The molecule has 3 aromatic rings. The van der Waals surface area contributed by atoms with Crippen LogP contribution in [0.15, 0.2) is 78.9 Å². The molecule has 3 rings (SSSR count). The molecule has 3 aromatic carbocycles. The number of para-hydroxylation sites is 2. The zero-order valence-electron chi connectivity index (χ0n) is 14.9. The van der Waals surface area contributed by atoms with Gasteiger partial charge in [-0.05, 0) is 42.5 Å². The highest BCUT2D eigenvalue weighted by molar-refractivity contribution is 5.94. The van der Waals surface area contributed by atoms with E-state index in [1.165, 1.54) is 24.3 Å². The number of rotatable bonds is 8. The second-order valence-corrected chi connectivity index (χ2v) is 5.73. The van der Waals surface area contributed by atoms with E-state index in [9.17, 15) is 9.59 Å². The molecule has 0 amide bonds. The van der Waals surface area contributed by atoms with Gasteiger partial charge in [-0.2, -0.15) is 0 Å². The maximum atomic E-state index is 12.5. The normalized spacial score (nSPS) is 10.1. The average Bonchev–Trinajstić information content (AvgIpc) is 2.72. The van der Waals surface area contributed by atoms with E-state index >= 15 is 0 Å². The fourth-order valence-corrected chi connectivity index (χ4v) is 2.44. The van der Waals surface area contributed by atoms with E-state index < -0.39 is 11.9 Å². The summed E-state index contributed by atoms with van der Waals surface area (Å²) in [5.41, 5.74) is 0.274. The van der Waals surface area contributed by atoms with Crippen molar-refractivity contribution in [3.05, 3.63) is 90.0 Å². The molecular weight excluding hydrogens is 360 g/mol. The number of carbonyl (C=O) groups excluding carboxylic acids is 1. The molecule has 0 spiro atoms. The third-order valence-electron chi connectivity index (χ3n) is 3.75. The number of aromatic carboxylic acids is 1. The van der Waals surface area contributed by atoms with Crippen LogP contribution >= 0.6 is 0 Å². The topological polar surface area (TPSA) is 82.1 Å². The Hall–Kier alpha value is -3.80. The van der Waals surface area contributed by atoms with Crippen molar-refractivity contribution in [2.45, 2.75) is 0 Å². The van der Waals surface area contributed by atoms with E-state index in [2.05, 4.69) is 0 Å². The SMILES string of the molecule is O=C(O)c1cccc(OC(=O)c2ccccc2OCCOc2ccccc2)c1. The van der Waals surface area contributed by atoms with Gasteiger partial charge in [0, 0.05) is 0 Å². The van der Waals surface area contributed by atoms with Crippen LogP contribution in [-0.4, -0.2) is 30.3 Å². The van der Waals surface area contributed by atoms with Crippen LogP contribution in [0, 0.1) is 0 Å². The van der Waals surface area contributed by atoms with Crippen molar-refractivity contribution < 1.29 is 28.9 Å². The number of carboxylic acids is 1. The van der Waals surface area contributed by atoms with E-state index in [-0.39, 0.29) is 23.5 Å². The molecule has 0 aromatic heterocycles. The highest BCUT2D eigenvalue weighted by atomic mass is 16.5. The first-order valence-electron chi connectivity index (χ1n) is 8.59. The van der Waals surface area contributed by atoms with E-state index in [1.54, 1.807) is 24.3 Å². The van der Waals surface area contributed by atoms with Gasteiger partial charge in [0.15, 0.2) is 0 Å². The fourth-order valence-electron chi connectivity index (χ4n) is 2.44. The van der Waals surface area contributed by atoms with Gasteiger partial charge in [-0.25, -0.2) is 9.59 Å². The minimum atomic E-state index is -1.10. The molecule has 6 heteroatoms. The Morgan fingerprint density at radius 3 is 2.21 bits per heavy atom. The molecule has 0 aliphatic rings. The van der Waals surface area contributed by atoms with Gasteiger partial charge in [0.1, 0.15) is 36.0 Å². The van der Waals surface area contributed by atoms with Crippen molar-refractivity contribution in [3.8, 4) is 17.2 Å². The lowest BCUT2D eigenvalue weighted by molar-refractivity contribution is 0.0686. The lowest BCUT2D eigenvalue weighted by atomic mass is 10.2. The molecule has 0 atom stereocenters. The number of carboxylic acid groups (broad SMARTS) is 1. The third-order valence-corrected chi connectivity index (χ3v) is 3.75. The van der Waals surface area contributed by atoms with Gasteiger partial charge in [-0.15, -0.1) is 0 Å². The Balaban J connectivity index is 1.62. The Morgan fingerprint density at radius 2 is 1.43 bits per heavy atom. The van der Waals surface area contributed by atoms with Gasteiger partial charge < -0.3 is 19.3 Å². The predicted molar refractivity (Wildman–Crippen MR) is 102 cm³/mol. The van der Waals surface area contributed by atoms with Crippen molar-refractivity contribution >= 4 is 11.9 Å². The zero-order chi connectivity index (χ0) is 19.8. The minimum Gasteiger partial charge on any atom is -0.490 e. The molecule has 0 unspecified atom stereocenters. The van der Waals surface area contributed by atoms with E-state index in [1.807, 2.05) is 30.3 Å². The number of esters is 1. The second kappa shape index (κ2) is 9.23. The zero-order valence-corrected chi connectivity index (χ0v) is 14.9. The van der Waals surface area contributed by atoms with Gasteiger partial charge in [-0.1, -0.05) is 36.4 Å². The molecule has 0 aliphatic heterocycles. The predicted octanol–water partition coefficient (Wildman–Crippen LogP) is 4.06. The highest BCUT2D eigenvalue weighted by Gasteiger charge is 2.15. The lowest BCUT2D eigenvalue weighted by Gasteiger charge is -2.12. The number of carbonyl (C=O) groups is 2. The molecule has 28 heavy (non-hydrogen) atoms. The molecule has 142 valence electrons. The summed E-state index contributed by atoms with van der Waals surface area (Å²) in [5.74, 6) is -0.495. The van der Waals surface area contributed by atoms with Crippen LogP contribution in [0.2, 0.25) is 0 Å². The second-order valence-electron chi connectivity index (χ2n) is 5.73. The molecule has 0 bridgehead atoms. The third kappa shape index (κ3) is 5.11. The summed E-state index contributed by atoms with van der Waals surface area (Å²) in [5, 5.41) is 9.04. The Labute approximate surface area is 161 Å². The Kier molecular flexibility index (Phi) is 6.25. The maximum absolute atomic E-state index is 12.5. The van der Waals surface area contributed by atoms with Gasteiger partial charge in [0.05, 0.1) is 5.56 Å². The number of ether oxygens (including phenoxy) is 3. The molecule has 0 heterocycles. The lowest BCUT2D eigenvalue weighted by Crippen LogP contribution is -2.14. The van der Waals surface area contributed by atoms with Crippen LogP contribution < -0.4 is 14.2 Å². The summed E-state index contributed by atoms with van der Waals surface area (Å²) in [6, 6.07) is 21.8. The number of hydrogen-bond acceptors (Lipinski definition) is 5. The first kappa shape index (κ1) is 19.0. The summed E-state index contributed by atoms with van der Waals surface area (Å²) in [4.78, 5) is 23.5. The Morgan fingerprint density at radius 1 is 0.750 bits per heavy atom. The quantitative estimate of drug-likeness (QED) is 0.362. The van der Waals surface area contributed by atoms with E-state index in [0.717, 1.165) is 5.75 Å². The molecule has 1 N–H and O–H groups in total. The molecule has 0 radical (unpaired) electrons. The van der Waals surface area contributed by atoms with E-state index in [4.69, 9.17) is 19.3 Å². The molecule has 6 nitrogen and oxygen atoms in total. The van der Waals surface area contributed by atoms with Crippen LogP contribution in [0.3, 0.4) is 0 Å². The first-order valence-corrected chi connectivity index (χ1v) is 8.59. The van der Waals surface area contributed by atoms with E-state index in [0.29, 0.717) is 12.4 Å². The summed E-state index contributed by atoms with van der Waals surface area (Å²) in [6.07, 6.45) is 0. The molecular formula is C22H18O6. The van der Waals surface area contributed by atoms with Crippen molar-refractivity contribution in [1.82, 2.24) is 0 Å². The fraction of sp³-hybridized carbons (Fsp3) is 0.0909. The number of hydrogen-bond donors (Lipinski definition) is 1. The summed E-state index contributed by atoms with van der Waals surface area (Å²) < 4.78 is 16.5. The van der Waals surface area contributed by atoms with Crippen LogP contribution in [0.1, 0.15) is 20.7 Å². The van der Waals surface area contributed by atoms with Crippen LogP contribution in [0.25, 0.3) is 0 Å². The molecule has 0 saturated carbocycles. The Bertz CT molecular complexity index is 952. The van der Waals surface area contributed by atoms with Crippen molar-refractivity contribution in [1.29, 1.82) is 0 Å². The minimum absolute atomic E-state index is 0.0351. The standard InChI is InChI=1S/C22H18O6/c23-21(24)16-7-6-10-18(15-16)28-22(25)19-11-4-5-12-20(19)27-14-13-26-17-8-2-1-3-9-17/h1-12,15H,13-14H2,(H,23,24). The van der Waals surface area contributed by atoms with Crippen LogP contribution in [0.5, 0.6) is 17.2 Å². The summed E-state index contributed by atoms with van der Waals surface area (Å²) >= 11 is 0. The van der Waals surface area contributed by atoms with Crippen LogP contribution in [0.4, 0.5) is 0 Å². The van der Waals surface area contributed by atoms with Crippen molar-refractivity contribution in [2.24, 2.45) is 0 Å².